The third kappa shape index (κ3) is 4.18. The Hall–Kier alpha value is -0.730. The van der Waals surface area contributed by atoms with Crippen LogP contribution in [0.3, 0.4) is 0 Å². The molecule has 1 aromatic carbocycles. The van der Waals surface area contributed by atoms with Gasteiger partial charge in [0.1, 0.15) is 0 Å². The lowest BCUT2D eigenvalue weighted by Crippen LogP contribution is -2.27. The minimum absolute atomic E-state index is 0.843. The van der Waals surface area contributed by atoms with Crippen molar-refractivity contribution in [3.63, 3.8) is 0 Å². The lowest BCUT2D eigenvalue weighted by Gasteiger charge is -2.27. The van der Waals surface area contributed by atoms with E-state index in [4.69, 9.17) is 11.6 Å². The summed E-state index contributed by atoms with van der Waals surface area (Å²) in [6, 6.07) is 6.21. The molecule has 0 spiro atoms. The van der Waals surface area contributed by atoms with Gasteiger partial charge in [0.15, 0.2) is 0 Å². The minimum Gasteiger partial charge on any atom is -0.371 e. The summed E-state index contributed by atoms with van der Waals surface area (Å²) >= 11 is 6.34. The maximum Gasteiger partial charge on any atom is 0.0471 e. The van der Waals surface area contributed by atoms with E-state index in [2.05, 4.69) is 37.1 Å². The van der Waals surface area contributed by atoms with Gasteiger partial charge in [-0.15, -0.1) is 0 Å². The highest BCUT2D eigenvalue weighted by Crippen LogP contribution is 2.28. The van der Waals surface area contributed by atoms with Crippen LogP contribution in [-0.4, -0.2) is 19.6 Å². The van der Waals surface area contributed by atoms with Crippen LogP contribution in [0, 0.1) is 0 Å². The van der Waals surface area contributed by atoms with Gasteiger partial charge in [-0.2, -0.15) is 0 Å². The number of anilines is 1. The van der Waals surface area contributed by atoms with Gasteiger partial charge in [-0.1, -0.05) is 38.4 Å². The Labute approximate surface area is 116 Å². The molecule has 1 N–H and O–H groups in total. The molecule has 102 valence electrons. The Morgan fingerprint density at radius 2 is 1.78 bits per heavy atom. The molecule has 3 heteroatoms. The molecule has 0 fully saturated rings. The highest BCUT2D eigenvalue weighted by Gasteiger charge is 2.12. The van der Waals surface area contributed by atoms with E-state index < -0.39 is 0 Å². The van der Waals surface area contributed by atoms with Crippen molar-refractivity contribution in [3.05, 3.63) is 28.8 Å². The number of hydrogen-bond acceptors (Lipinski definition) is 2. The van der Waals surface area contributed by atoms with Crippen molar-refractivity contribution in [3.8, 4) is 0 Å². The molecular formula is C15H25ClN2. The molecule has 0 heterocycles. The topological polar surface area (TPSA) is 15.3 Å². The van der Waals surface area contributed by atoms with E-state index in [1.54, 1.807) is 0 Å². The number of halogens is 1. The van der Waals surface area contributed by atoms with Crippen LogP contribution in [0.2, 0.25) is 5.02 Å². The Morgan fingerprint density at radius 3 is 2.33 bits per heavy atom. The summed E-state index contributed by atoms with van der Waals surface area (Å²) in [5.74, 6) is 0. The van der Waals surface area contributed by atoms with E-state index in [0.717, 1.165) is 44.0 Å². The molecule has 1 aromatic rings. The fourth-order valence-electron chi connectivity index (χ4n) is 2.16. The number of benzene rings is 1. The first kappa shape index (κ1) is 15.3. The molecule has 0 radical (unpaired) electrons. The summed E-state index contributed by atoms with van der Waals surface area (Å²) in [7, 11) is 0. The quantitative estimate of drug-likeness (QED) is 0.764. The maximum atomic E-state index is 6.34. The highest BCUT2D eigenvalue weighted by atomic mass is 35.5. The molecular weight excluding hydrogens is 244 g/mol. The van der Waals surface area contributed by atoms with E-state index in [0.29, 0.717) is 0 Å². The van der Waals surface area contributed by atoms with E-state index in [-0.39, 0.29) is 0 Å². The molecule has 0 aliphatic carbocycles. The fraction of sp³-hybridized carbons (Fsp3) is 0.600. The summed E-state index contributed by atoms with van der Waals surface area (Å²) in [4.78, 5) is 2.44. The fourth-order valence-corrected chi connectivity index (χ4v) is 2.40. The SMILES string of the molecule is CCCN(CCC)c1cccc(Cl)c1CNCC. The van der Waals surface area contributed by atoms with Crippen LogP contribution in [0.25, 0.3) is 0 Å². The third-order valence-electron chi connectivity index (χ3n) is 2.97. The van der Waals surface area contributed by atoms with Gasteiger partial charge in [0.2, 0.25) is 0 Å². The molecule has 0 aliphatic heterocycles. The predicted molar refractivity (Wildman–Crippen MR) is 81.6 cm³/mol. The first-order valence-corrected chi connectivity index (χ1v) is 7.35. The molecule has 0 aliphatic rings. The van der Waals surface area contributed by atoms with Crippen molar-refractivity contribution in [2.24, 2.45) is 0 Å². The molecule has 1 rings (SSSR count). The number of hydrogen-bond donors (Lipinski definition) is 1. The van der Waals surface area contributed by atoms with Gasteiger partial charge in [0.05, 0.1) is 0 Å². The van der Waals surface area contributed by atoms with Gasteiger partial charge in [0, 0.05) is 35.9 Å². The largest absolute Gasteiger partial charge is 0.371 e. The molecule has 0 amide bonds. The Bertz CT molecular complexity index is 346. The molecule has 0 unspecified atom stereocenters. The van der Waals surface area contributed by atoms with Crippen LogP contribution in [0.4, 0.5) is 5.69 Å². The zero-order valence-corrected chi connectivity index (χ0v) is 12.6. The molecule has 2 nitrogen and oxygen atoms in total. The van der Waals surface area contributed by atoms with Crippen LogP contribution in [0.15, 0.2) is 18.2 Å². The maximum absolute atomic E-state index is 6.34. The second kappa shape index (κ2) is 8.39. The van der Waals surface area contributed by atoms with E-state index in [1.165, 1.54) is 11.3 Å². The van der Waals surface area contributed by atoms with Crippen molar-refractivity contribution in [1.82, 2.24) is 5.32 Å². The molecule has 18 heavy (non-hydrogen) atoms. The van der Waals surface area contributed by atoms with Gasteiger partial charge in [-0.3, -0.25) is 0 Å². The van der Waals surface area contributed by atoms with Crippen LogP contribution < -0.4 is 10.2 Å². The summed E-state index contributed by atoms with van der Waals surface area (Å²) in [6.07, 6.45) is 2.32. The lowest BCUT2D eigenvalue weighted by atomic mass is 10.1. The Balaban J connectivity index is 2.99. The monoisotopic (exact) mass is 268 g/mol. The first-order chi connectivity index (χ1) is 8.74. The average molecular weight is 269 g/mol. The van der Waals surface area contributed by atoms with Gasteiger partial charge in [-0.05, 0) is 31.5 Å². The zero-order chi connectivity index (χ0) is 13.4. The Morgan fingerprint density at radius 1 is 1.11 bits per heavy atom. The first-order valence-electron chi connectivity index (χ1n) is 6.97. The highest BCUT2D eigenvalue weighted by molar-refractivity contribution is 6.31. The van der Waals surface area contributed by atoms with Crippen molar-refractivity contribution in [2.75, 3.05) is 24.5 Å². The summed E-state index contributed by atoms with van der Waals surface area (Å²) in [5.41, 5.74) is 2.51. The van der Waals surface area contributed by atoms with Crippen molar-refractivity contribution in [2.45, 2.75) is 40.2 Å². The van der Waals surface area contributed by atoms with Crippen LogP contribution >= 0.6 is 11.6 Å². The van der Waals surface area contributed by atoms with E-state index in [9.17, 15) is 0 Å². The second-order valence-corrected chi connectivity index (χ2v) is 4.91. The van der Waals surface area contributed by atoms with Crippen LogP contribution in [0.5, 0.6) is 0 Å². The smallest absolute Gasteiger partial charge is 0.0471 e. The van der Waals surface area contributed by atoms with Gasteiger partial charge < -0.3 is 10.2 Å². The average Bonchev–Trinajstić information content (AvgIpc) is 2.37. The second-order valence-electron chi connectivity index (χ2n) is 4.50. The number of nitrogens with zero attached hydrogens (tertiary/aromatic N) is 1. The van der Waals surface area contributed by atoms with Crippen molar-refractivity contribution < 1.29 is 0 Å². The third-order valence-corrected chi connectivity index (χ3v) is 3.33. The molecule has 0 saturated carbocycles. The molecule has 0 bridgehead atoms. The Kier molecular flexibility index (Phi) is 7.14. The van der Waals surface area contributed by atoms with Crippen molar-refractivity contribution >= 4 is 17.3 Å². The van der Waals surface area contributed by atoms with Crippen LogP contribution in [0.1, 0.15) is 39.2 Å². The molecule has 0 aromatic heterocycles. The van der Waals surface area contributed by atoms with E-state index in [1.807, 2.05) is 12.1 Å². The van der Waals surface area contributed by atoms with Crippen LogP contribution in [-0.2, 0) is 6.54 Å². The zero-order valence-electron chi connectivity index (χ0n) is 11.8. The summed E-state index contributed by atoms with van der Waals surface area (Å²) in [6.45, 7) is 10.5. The van der Waals surface area contributed by atoms with E-state index >= 15 is 0 Å². The standard InChI is InChI=1S/C15H25ClN2/c1-4-10-18(11-5-2)15-9-7-8-14(16)13(15)12-17-6-3/h7-9,17H,4-6,10-12H2,1-3H3. The number of nitrogens with one attached hydrogen (secondary N) is 1. The summed E-state index contributed by atoms with van der Waals surface area (Å²) in [5, 5.41) is 4.24. The molecule has 0 saturated heterocycles. The van der Waals surface area contributed by atoms with Gasteiger partial charge in [-0.25, -0.2) is 0 Å². The van der Waals surface area contributed by atoms with Gasteiger partial charge >= 0.3 is 0 Å². The predicted octanol–water partition coefficient (Wildman–Crippen LogP) is 4.08. The lowest BCUT2D eigenvalue weighted by molar-refractivity contribution is 0.707. The molecule has 0 atom stereocenters. The van der Waals surface area contributed by atoms with Crippen molar-refractivity contribution in [1.29, 1.82) is 0 Å². The minimum atomic E-state index is 0.843. The summed E-state index contributed by atoms with van der Waals surface area (Å²) < 4.78 is 0. The number of rotatable bonds is 8. The van der Waals surface area contributed by atoms with Gasteiger partial charge in [0.25, 0.3) is 0 Å². The normalized spacial score (nSPS) is 10.7.